The Labute approximate surface area is 144 Å². The molecular weight excluding hydrogens is 310 g/mol. The van der Waals surface area contributed by atoms with Crippen molar-refractivity contribution in [2.24, 2.45) is 5.73 Å². The average Bonchev–Trinajstić information content (AvgIpc) is 2.47. The van der Waals surface area contributed by atoms with E-state index >= 15 is 0 Å². The summed E-state index contributed by atoms with van der Waals surface area (Å²) in [6.45, 7) is 6.65. The summed E-state index contributed by atoms with van der Waals surface area (Å²) in [5, 5.41) is 8.98. The van der Waals surface area contributed by atoms with Gasteiger partial charge in [0.15, 0.2) is 0 Å². The minimum Gasteiger partial charge on any atom is -0.457 e. The fourth-order valence-corrected chi connectivity index (χ4v) is 2.27. The van der Waals surface area contributed by atoms with Gasteiger partial charge in [-0.2, -0.15) is 0 Å². The Balaban J connectivity index is 0.00000264. The molecule has 2 rings (SSSR count). The van der Waals surface area contributed by atoms with Crippen molar-refractivity contribution >= 4 is 12.4 Å². The van der Waals surface area contributed by atoms with Gasteiger partial charge in [-0.25, -0.2) is 0 Å². The highest BCUT2D eigenvalue weighted by atomic mass is 35.5. The number of rotatable bonds is 5. The summed E-state index contributed by atoms with van der Waals surface area (Å²) in [4.78, 5) is 0. The van der Waals surface area contributed by atoms with Gasteiger partial charge in [0, 0.05) is 12.6 Å². The molecule has 1 unspecified atom stereocenters. The Morgan fingerprint density at radius 2 is 1.70 bits per heavy atom. The van der Waals surface area contributed by atoms with E-state index in [9.17, 15) is 0 Å². The molecule has 0 fully saturated rings. The standard InChI is InChI=1S/C19H25NO2.ClH/c1-19(2,3)15-7-9-16(10-8-15)22-17-6-4-5-14(13-17)18(20)11-12-21;/h4-10,13,18,21H,11-12,20H2,1-3H3;1H. The fourth-order valence-electron chi connectivity index (χ4n) is 2.27. The van der Waals surface area contributed by atoms with Crippen molar-refractivity contribution in [3.8, 4) is 11.5 Å². The number of halogens is 1. The lowest BCUT2D eigenvalue weighted by molar-refractivity contribution is 0.276. The van der Waals surface area contributed by atoms with Gasteiger partial charge in [0.2, 0.25) is 0 Å². The van der Waals surface area contributed by atoms with Gasteiger partial charge in [0.1, 0.15) is 11.5 Å². The summed E-state index contributed by atoms with van der Waals surface area (Å²) in [6, 6.07) is 15.7. The van der Waals surface area contributed by atoms with Crippen LogP contribution in [0.1, 0.15) is 44.4 Å². The zero-order valence-corrected chi connectivity index (χ0v) is 14.8. The molecule has 0 saturated heterocycles. The quantitative estimate of drug-likeness (QED) is 0.840. The smallest absolute Gasteiger partial charge is 0.127 e. The third-order valence-corrected chi connectivity index (χ3v) is 3.68. The maximum atomic E-state index is 8.98. The second kappa shape index (κ2) is 8.34. The number of ether oxygens (including phenoxy) is 1. The number of aliphatic hydroxyl groups is 1. The Hall–Kier alpha value is -1.55. The van der Waals surface area contributed by atoms with Crippen molar-refractivity contribution in [1.82, 2.24) is 0 Å². The third-order valence-electron chi connectivity index (χ3n) is 3.68. The number of aliphatic hydroxyl groups excluding tert-OH is 1. The van der Waals surface area contributed by atoms with E-state index in [0.29, 0.717) is 6.42 Å². The van der Waals surface area contributed by atoms with E-state index in [1.807, 2.05) is 36.4 Å². The summed E-state index contributed by atoms with van der Waals surface area (Å²) in [5.74, 6) is 1.57. The van der Waals surface area contributed by atoms with E-state index in [4.69, 9.17) is 15.6 Å². The molecule has 0 radical (unpaired) electrons. The molecular formula is C19H26ClNO2. The third kappa shape index (κ3) is 5.54. The normalized spacial score (nSPS) is 12.4. The van der Waals surface area contributed by atoms with Gasteiger partial charge in [0.05, 0.1) is 0 Å². The maximum Gasteiger partial charge on any atom is 0.127 e. The van der Waals surface area contributed by atoms with E-state index in [2.05, 4.69) is 32.9 Å². The molecule has 0 saturated carbocycles. The van der Waals surface area contributed by atoms with Crippen molar-refractivity contribution in [3.05, 3.63) is 59.7 Å². The fraction of sp³-hybridized carbons (Fsp3) is 0.368. The van der Waals surface area contributed by atoms with Gasteiger partial charge in [-0.15, -0.1) is 12.4 Å². The molecule has 3 N–H and O–H groups in total. The molecule has 2 aromatic rings. The Kier molecular flexibility index (Phi) is 7.07. The van der Waals surface area contributed by atoms with Crippen LogP contribution in [-0.4, -0.2) is 11.7 Å². The summed E-state index contributed by atoms with van der Waals surface area (Å²) in [6.07, 6.45) is 0.545. The van der Waals surface area contributed by atoms with E-state index in [0.717, 1.165) is 17.1 Å². The van der Waals surface area contributed by atoms with Crippen molar-refractivity contribution < 1.29 is 9.84 Å². The first-order chi connectivity index (χ1) is 10.4. The zero-order valence-electron chi connectivity index (χ0n) is 14.0. The van der Waals surface area contributed by atoms with Crippen LogP contribution in [-0.2, 0) is 5.41 Å². The molecule has 23 heavy (non-hydrogen) atoms. The highest BCUT2D eigenvalue weighted by Gasteiger charge is 2.13. The van der Waals surface area contributed by atoms with E-state index in [-0.39, 0.29) is 30.5 Å². The first-order valence-electron chi connectivity index (χ1n) is 7.65. The Morgan fingerprint density at radius 1 is 1.04 bits per heavy atom. The van der Waals surface area contributed by atoms with Crippen LogP contribution < -0.4 is 10.5 Å². The summed E-state index contributed by atoms with van der Waals surface area (Å²) in [5.41, 5.74) is 8.40. The number of hydrogen-bond acceptors (Lipinski definition) is 3. The van der Waals surface area contributed by atoms with Crippen LogP contribution in [0.5, 0.6) is 11.5 Å². The Morgan fingerprint density at radius 3 is 2.26 bits per heavy atom. The highest BCUT2D eigenvalue weighted by Crippen LogP contribution is 2.28. The molecule has 0 bridgehead atoms. The number of benzene rings is 2. The van der Waals surface area contributed by atoms with Crippen LogP contribution in [0.4, 0.5) is 0 Å². The van der Waals surface area contributed by atoms with Crippen LogP contribution in [0.3, 0.4) is 0 Å². The lowest BCUT2D eigenvalue weighted by Gasteiger charge is -2.19. The van der Waals surface area contributed by atoms with Gasteiger partial charge in [0.25, 0.3) is 0 Å². The van der Waals surface area contributed by atoms with Crippen LogP contribution >= 0.6 is 12.4 Å². The molecule has 0 spiro atoms. The molecule has 0 aliphatic carbocycles. The van der Waals surface area contributed by atoms with Gasteiger partial charge in [-0.1, -0.05) is 45.0 Å². The molecule has 3 nitrogen and oxygen atoms in total. The van der Waals surface area contributed by atoms with Crippen molar-refractivity contribution in [2.45, 2.75) is 38.6 Å². The lowest BCUT2D eigenvalue weighted by Crippen LogP contribution is -2.11. The van der Waals surface area contributed by atoms with Crippen LogP contribution in [0, 0.1) is 0 Å². The summed E-state index contributed by atoms with van der Waals surface area (Å²) < 4.78 is 5.90. The van der Waals surface area contributed by atoms with Gasteiger partial charge < -0.3 is 15.6 Å². The van der Waals surface area contributed by atoms with Gasteiger partial charge in [-0.3, -0.25) is 0 Å². The topological polar surface area (TPSA) is 55.5 Å². The molecule has 126 valence electrons. The molecule has 0 aliphatic rings. The number of hydrogen-bond donors (Lipinski definition) is 2. The van der Waals surface area contributed by atoms with Crippen molar-refractivity contribution in [3.63, 3.8) is 0 Å². The maximum absolute atomic E-state index is 8.98. The second-order valence-corrected chi connectivity index (χ2v) is 6.57. The average molecular weight is 336 g/mol. The molecule has 0 heterocycles. The lowest BCUT2D eigenvalue weighted by atomic mass is 9.87. The number of nitrogens with two attached hydrogens (primary N) is 1. The van der Waals surface area contributed by atoms with E-state index in [1.165, 1.54) is 5.56 Å². The van der Waals surface area contributed by atoms with Crippen LogP contribution in [0.25, 0.3) is 0 Å². The van der Waals surface area contributed by atoms with Gasteiger partial charge in [-0.05, 0) is 47.2 Å². The van der Waals surface area contributed by atoms with E-state index < -0.39 is 0 Å². The Bertz CT molecular complexity index is 606. The summed E-state index contributed by atoms with van der Waals surface area (Å²) >= 11 is 0. The molecule has 0 amide bonds. The van der Waals surface area contributed by atoms with E-state index in [1.54, 1.807) is 0 Å². The summed E-state index contributed by atoms with van der Waals surface area (Å²) in [7, 11) is 0. The minimum atomic E-state index is -0.170. The zero-order chi connectivity index (χ0) is 16.2. The molecule has 1 atom stereocenters. The SMILES string of the molecule is CC(C)(C)c1ccc(Oc2cccc(C(N)CCO)c2)cc1.Cl. The second-order valence-electron chi connectivity index (χ2n) is 6.57. The molecule has 0 aliphatic heterocycles. The molecule has 2 aromatic carbocycles. The largest absolute Gasteiger partial charge is 0.457 e. The predicted molar refractivity (Wildman–Crippen MR) is 97.5 cm³/mol. The highest BCUT2D eigenvalue weighted by molar-refractivity contribution is 5.85. The van der Waals surface area contributed by atoms with Crippen molar-refractivity contribution in [2.75, 3.05) is 6.61 Å². The molecule has 0 aromatic heterocycles. The first-order valence-corrected chi connectivity index (χ1v) is 7.65. The molecule has 4 heteroatoms. The monoisotopic (exact) mass is 335 g/mol. The first kappa shape index (κ1) is 19.5. The predicted octanol–water partition coefficient (Wildman–Crippen LogP) is 4.58. The van der Waals surface area contributed by atoms with Crippen molar-refractivity contribution in [1.29, 1.82) is 0 Å². The van der Waals surface area contributed by atoms with Crippen LogP contribution in [0.15, 0.2) is 48.5 Å². The minimum absolute atomic E-state index is 0. The van der Waals surface area contributed by atoms with Crippen LogP contribution in [0.2, 0.25) is 0 Å². The van der Waals surface area contributed by atoms with Gasteiger partial charge >= 0.3 is 0 Å².